The van der Waals surface area contributed by atoms with Gasteiger partial charge in [-0.2, -0.15) is 5.10 Å². The van der Waals surface area contributed by atoms with Crippen LogP contribution in [0.1, 0.15) is 31.7 Å². The number of hydrogen-bond donors (Lipinski definition) is 2. The Morgan fingerprint density at radius 3 is 2.74 bits per heavy atom. The second-order valence-corrected chi connectivity index (χ2v) is 5.56. The fourth-order valence-corrected chi connectivity index (χ4v) is 2.27. The molecular formula is C17H26N6. The van der Waals surface area contributed by atoms with Crippen LogP contribution in [-0.4, -0.2) is 33.3 Å². The molecule has 6 heteroatoms. The highest BCUT2D eigenvalue weighted by Crippen LogP contribution is 2.04. The minimum Gasteiger partial charge on any atom is -0.357 e. The van der Waals surface area contributed by atoms with E-state index in [9.17, 15) is 0 Å². The van der Waals surface area contributed by atoms with Crippen LogP contribution in [0.3, 0.4) is 0 Å². The van der Waals surface area contributed by atoms with E-state index in [-0.39, 0.29) is 0 Å². The minimum atomic E-state index is 0.340. The van der Waals surface area contributed by atoms with Crippen LogP contribution in [0.25, 0.3) is 0 Å². The predicted octanol–water partition coefficient (Wildman–Crippen LogP) is 1.89. The van der Waals surface area contributed by atoms with Gasteiger partial charge in [-0.1, -0.05) is 30.3 Å². The van der Waals surface area contributed by atoms with E-state index in [0.717, 1.165) is 31.2 Å². The van der Waals surface area contributed by atoms with Gasteiger partial charge in [-0.3, -0.25) is 4.68 Å². The Balaban J connectivity index is 1.86. The summed E-state index contributed by atoms with van der Waals surface area (Å²) < 4.78 is 1.74. The maximum absolute atomic E-state index is 4.58. The number of hydrogen-bond acceptors (Lipinski definition) is 3. The lowest BCUT2D eigenvalue weighted by Crippen LogP contribution is -2.42. The molecule has 0 amide bonds. The number of aliphatic imine (C=N–C) groups is 1. The third-order valence-corrected chi connectivity index (χ3v) is 3.62. The van der Waals surface area contributed by atoms with Gasteiger partial charge in [-0.25, -0.2) is 9.98 Å². The van der Waals surface area contributed by atoms with Crippen LogP contribution < -0.4 is 10.6 Å². The maximum Gasteiger partial charge on any atom is 0.191 e. The number of benzene rings is 1. The molecule has 0 radical (unpaired) electrons. The van der Waals surface area contributed by atoms with Gasteiger partial charge in [-0.05, 0) is 32.3 Å². The van der Waals surface area contributed by atoms with E-state index < -0.39 is 0 Å². The average molecular weight is 314 g/mol. The van der Waals surface area contributed by atoms with Crippen molar-refractivity contribution < 1.29 is 0 Å². The molecule has 0 aliphatic carbocycles. The highest BCUT2D eigenvalue weighted by atomic mass is 15.3. The molecule has 0 aliphatic heterocycles. The summed E-state index contributed by atoms with van der Waals surface area (Å²) in [5.74, 6) is 1.66. The van der Waals surface area contributed by atoms with Gasteiger partial charge in [-0.15, -0.1) is 0 Å². The standard InChI is InChI=1S/C17H26N6/c1-4-18-17(19-12-16-20-13-21-23(16)3)22-14(2)10-11-15-8-6-5-7-9-15/h5-9,13-14H,4,10-12H2,1-3H3,(H2,18,19,22). The van der Waals surface area contributed by atoms with Gasteiger partial charge in [0.15, 0.2) is 5.96 Å². The summed E-state index contributed by atoms with van der Waals surface area (Å²) in [6, 6.07) is 10.9. The number of nitrogens with one attached hydrogen (secondary N) is 2. The number of guanidine groups is 1. The van der Waals surface area contributed by atoms with Gasteiger partial charge in [0.1, 0.15) is 18.7 Å². The molecule has 2 N–H and O–H groups in total. The zero-order valence-electron chi connectivity index (χ0n) is 14.2. The zero-order valence-corrected chi connectivity index (χ0v) is 14.2. The Morgan fingerprint density at radius 1 is 1.30 bits per heavy atom. The summed E-state index contributed by atoms with van der Waals surface area (Å²) in [5.41, 5.74) is 1.36. The van der Waals surface area contributed by atoms with Crippen molar-refractivity contribution in [3.8, 4) is 0 Å². The number of rotatable bonds is 7. The van der Waals surface area contributed by atoms with Crippen molar-refractivity contribution in [3.05, 3.63) is 48.0 Å². The molecule has 1 aromatic carbocycles. The molecule has 1 aromatic heterocycles. The maximum atomic E-state index is 4.58. The molecule has 0 spiro atoms. The van der Waals surface area contributed by atoms with E-state index in [1.165, 1.54) is 5.56 Å². The SMILES string of the molecule is CCNC(=NCc1ncnn1C)NC(C)CCc1ccccc1. The first-order chi connectivity index (χ1) is 11.2. The summed E-state index contributed by atoms with van der Waals surface area (Å²) in [6.45, 7) is 5.58. The molecule has 2 rings (SSSR count). The van der Waals surface area contributed by atoms with Crippen molar-refractivity contribution in [2.24, 2.45) is 12.0 Å². The van der Waals surface area contributed by atoms with E-state index in [4.69, 9.17) is 0 Å². The highest BCUT2D eigenvalue weighted by Gasteiger charge is 2.06. The normalized spacial score (nSPS) is 12.9. The summed E-state index contributed by atoms with van der Waals surface area (Å²) in [5, 5.41) is 10.8. The Morgan fingerprint density at radius 2 is 2.09 bits per heavy atom. The van der Waals surface area contributed by atoms with Gasteiger partial charge >= 0.3 is 0 Å². The van der Waals surface area contributed by atoms with Crippen LogP contribution in [0.4, 0.5) is 0 Å². The molecule has 1 atom stereocenters. The fourth-order valence-electron chi connectivity index (χ4n) is 2.27. The van der Waals surface area contributed by atoms with Gasteiger partial charge in [0, 0.05) is 19.6 Å². The topological polar surface area (TPSA) is 67.1 Å². The lowest BCUT2D eigenvalue weighted by atomic mass is 10.1. The van der Waals surface area contributed by atoms with E-state index in [2.05, 4.69) is 63.8 Å². The largest absolute Gasteiger partial charge is 0.357 e. The minimum absolute atomic E-state index is 0.340. The van der Waals surface area contributed by atoms with E-state index in [0.29, 0.717) is 12.6 Å². The van der Waals surface area contributed by atoms with Crippen molar-refractivity contribution in [2.45, 2.75) is 39.3 Å². The lowest BCUT2D eigenvalue weighted by molar-refractivity contribution is 0.592. The quantitative estimate of drug-likeness (QED) is 0.605. The molecule has 1 heterocycles. The molecule has 2 aromatic rings. The first-order valence-corrected chi connectivity index (χ1v) is 8.10. The number of aromatic nitrogens is 3. The summed E-state index contributed by atoms with van der Waals surface area (Å²) in [4.78, 5) is 8.78. The monoisotopic (exact) mass is 314 g/mol. The Bertz CT molecular complexity index is 605. The molecular weight excluding hydrogens is 288 g/mol. The van der Waals surface area contributed by atoms with Crippen LogP contribution in [0.15, 0.2) is 41.7 Å². The first kappa shape index (κ1) is 17.0. The van der Waals surface area contributed by atoms with E-state index in [1.54, 1.807) is 11.0 Å². The van der Waals surface area contributed by atoms with Crippen molar-refractivity contribution in [1.29, 1.82) is 0 Å². The Labute approximate surface area is 138 Å². The third kappa shape index (κ3) is 5.73. The van der Waals surface area contributed by atoms with Gasteiger partial charge < -0.3 is 10.6 Å². The Kier molecular flexibility index (Phi) is 6.59. The van der Waals surface area contributed by atoms with Crippen LogP contribution in [0.2, 0.25) is 0 Å². The second kappa shape index (κ2) is 8.92. The van der Waals surface area contributed by atoms with Crippen molar-refractivity contribution in [1.82, 2.24) is 25.4 Å². The molecule has 23 heavy (non-hydrogen) atoms. The van der Waals surface area contributed by atoms with Crippen LogP contribution in [0.5, 0.6) is 0 Å². The molecule has 0 saturated carbocycles. The van der Waals surface area contributed by atoms with E-state index in [1.807, 2.05) is 13.1 Å². The highest BCUT2D eigenvalue weighted by molar-refractivity contribution is 5.79. The van der Waals surface area contributed by atoms with Crippen LogP contribution >= 0.6 is 0 Å². The molecule has 0 fully saturated rings. The van der Waals surface area contributed by atoms with Crippen molar-refractivity contribution >= 4 is 5.96 Å². The second-order valence-electron chi connectivity index (χ2n) is 5.56. The fraction of sp³-hybridized carbons (Fsp3) is 0.471. The van der Waals surface area contributed by atoms with E-state index >= 15 is 0 Å². The molecule has 6 nitrogen and oxygen atoms in total. The number of aryl methyl sites for hydroxylation is 2. The lowest BCUT2D eigenvalue weighted by Gasteiger charge is -2.17. The predicted molar refractivity (Wildman–Crippen MR) is 93.2 cm³/mol. The van der Waals surface area contributed by atoms with Crippen molar-refractivity contribution in [3.63, 3.8) is 0 Å². The molecule has 0 bridgehead atoms. The third-order valence-electron chi connectivity index (χ3n) is 3.62. The molecule has 1 unspecified atom stereocenters. The Hall–Kier alpha value is -2.37. The van der Waals surface area contributed by atoms with Crippen molar-refractivity contribution in [2.75, 3.05) is 6.54 Å². The molecule has 0 saturated heterocycles. The van der Waals surface area contributed by atoms with Crippen LogP contribution in [-0.2, 0) is 20.0 Å². The van der Waals surface area contributed by atoms with Gasteiger partial charge in [0.2, 0.25) is 0 Å². The van der Waals surface area contributed by atoms with Crippen LogP contribution in [0, 0.1) is 0 Å². The summed E-state index contributed by atoms with van der Waals surface area (Å²) in [7, 11) is 1.88. The molecule has 0 aliphatic rings. The average Bonchev–Trinajstić information content (AvgIpc) is 2.97. The smallest absolute Gasteiger partial charge is 0.191 e. The first-order valence-electron chi connectivity index (χ1n) is 8.10. The summed E-state index contributed by atoms with van der Waals surface area (Å²) >= 11 is 0. The van der Waals surface area contributed by atoms with Gasteiger partial charge in [0.25, 0.3) is 0 Å². The summed E-state index contributed by atoms with van der Waals surface area (Å²) in [6.07, 6.45) is 3.66. The van der Waals surface area contributed by atoms with Gasteiger partial charge in [0.05, 0.1) is 0 Å². The zero-order chi connectivity index (χ0) is 16.5. The number of nitrogens with zero attached hydrogens (tertiary/aromatic N) is 4. The molecule has 124 valence electrons.